The Kier molecular flexibility index (Phi) is 7.30. The van der Waals surface area contributed by atoms with Crippen molar-refractivity contribution in [3.05, 3.63) is 70.8 Å². The topological polar surface area (TPSA) is 55.8 Å². The maximum atomic E-state index is 12.4. The molecule has 1 aliphatic rings. The summed E-state index contributed by atoms with van der Waals surface area (Å²) >= 11 is 6.13. The molecule has 1 unspecified atom stereocenters. The molecular formula is C23H24ClNO4. The molecule has 1 saturated heterocycles. The Morgan fingerprint density at radius 3 is 2.66 bits per heavy atom. The predicted octanol–water partition coefficient (Wildman–Crippen LogP) is 4.34. The van der Waals surface area contributed by atoms with Gasteiger partial charge in [-0.05, 0) is 42.7 Å². The number of carbonyl (C=O) groups is 2. The monoisotopic (exact) mass is 413 g/mol. The van der Waals surface area contributed by atoms with E-state index in [1.807, 2.05) is 48.5 Å². The third-order valence-corrected chi connectivity index (χ3v) is 5.29. The van der Waals surface area contributed by atoms with E-state index in [2.05, 4.69) is 0 Å². The number of methoxy groups -OCH3 is 1. The Morgan fingerprint density at radius 1 is 1.17 bits per heavy atom. The van der Waals surface area contributed by atoms with E-state index in [-0.39, 0.29) is 17.8 Å². The molecule has 0 saturated carbocycles. The fraction of sp³-hybridized carbons (Fsp3) is 0.304. The number of halogens is 1. The summed E-state index contributed by atoms with van der Waals surface area (Å²) in [5.74, 6) is 0.141. The van der Waals surface area contributed by atoms with Crippen LogP contribution in [0.25, 0.3) is 6.08 Å². The van der Waals surface area contributed by atoms with Crippen LogP contribution in [0.15, 0.2) is 54.6 Å². The first-order valence-electron chi connectivity index (χ1n) is 9.58. The second-order valence-corrected chi connectivity index (χ2v) is 7.34. The van der Waals surface area contributed by atoms with E-state index in [9.17, 15) is 9.59 Å². The quantitative estimate of drug-likeness (QED) is 0.522. The average Bonchev–Trinajstić information content (AvgIpc) is 2.77. The molecule has 1 aliphatic heterocycles. The molecule has 0 bridgehead atoms. The van der Waals surface area contributed by atoms with Crippen molar-refractivity contribution in [2.24, 2.45) is 5.92 Å². The molecule has 1 fully saturated rings. The van der Waals surface area contributed by atoms with Crippen molar-refractivity contribution < 1.29 is 19.1 Å². The highest BCUT2D eigenvalue weighted by atomic mass is 35.5. The summed E-state index contributed by atoms with van der Waals surface area (Å²) in [6.07, 6.45) is 4.87. The summed E-state index contributed by atoms with van der Waals surface area (Å²) < 4.78 is 10.6. The molecule has 0 radical (unpaired) electrons. The first-order chi connectivity index (χ1) is 14.1. The summed E-state index contributed by atoms with van der Waals surface area (Å²) in [7, 11) is 1.38. The van der Waals surface area contributed by atoms with Crippen LogP contribution in [-0.2, 0) is 20.9 Å². The second kappa shape index (κ2) is 10.1. The molecule has 1 heterocycles. The Labute approximate surface area is 175 Å². The minimum atomic E-state index is -0.251. The number of amides is 1. The molecule has 152 valence electrons. The lowest BCUT2D eigenvalue weighted by Crippen LogP contribution is -2.41. The van der Waals surface area contributed by atoms with Gasteiger partial charge in [-0.15, -0.1) is 0 Å². The largest absolute Gasteiger partial charge is 0.489 e. The molecule has 1 atom stereocenters. The zero-order valence-electron chi connectivity index (χ0n) is 16.3. The van der Waals surface area contributed by atoms with E-state index in [4.69, 9.17) is 21.1 Å². The fourth-order valence-electron chi connectivity index (χ4n) is 3.26. The molecular weight excluding hydrogens is 390 g/mol. The molecule has 6 heteroatoms. The van der Waals surface area contributed by atoms with Crippen molar-refractivity contribution in [2.75, 3.05) is 20.2 Å². The molecule has 0 N–H and O–H groups in total. The number of hydrogen-bond acceptors (Lipinski definition) is 4. The predicted molar refractivity (Wildman–Crippen MR) is 113 cm³/mol. The van der Waals surface area contributed by atoms with Gasteiger partial charge in [-0.25, -0.2) is 0 Å². The van der Waals surface area contributed by atoms with Crippen LogP contribution in [0.5, 0.6) is 5.75 Å². The van der Waals surface area contributed by atoms with E-state index in [0.717, 1.165) is 29.7 Å². The molecule has 0 aromatic heterocycles. The van der Waals surface area contributed by atoms with Gasteiger partial charge in [0.1, 0.15) is 12.4 Å². The van der Waals surface area contributed by atoms with Gasteiger partial charge < -0.3 is 14.4 Å². The zero-order valence-corrected chi connectivity index (χ0v) is 17.1. The van der Waals surface area contributed by atoms with Gasteiger partial charge in [0.25, 0.3) is 0 Å². The van der Waals surface area contributed by atoms with Gasteiger partial charge in [-0.2, -0.15) is 0 Å². The molecule has 0 spiro atoms. The number of likely N-dealkylation sites (tertiary alicyclic amines) is 1. The molecule has 2 aromatic rings. The Hall–Kier alpha value is -2.79. The number of esters is 1. The number of carbonyl (C=O) groups excluding carboxylic acids is 2. The summed E-state index contributed by atoms with van der Waals surface area (Å²) in [4.78, 5) is 25.8. The summed E-state index contributed by atoms with van der Waals surface area (Å²) in [6, 6.07) is 15.1. The number of piperidine rings is 1. The zero-order chi connectivity index (χ0) is 20.6. The summed E-state index contributed by atoms with van der Waals surface area (Å²) in [6.45, 7) is 1.46. The molecule has 5 nitrogen and oxygen atoms in total. The van der Waals surface area contributed by atoms with Crippen LogP contribution in [0.4, 0.5) is 0 Å². The van der Waals surface area contributed by atoms with Crippen LogP contribution in [-0.4, -0.2) is 37.0 Å². The van der Waals surface area contributed by atoms with E-state index >= 15 is 0 Å². The van der Waals surface area contributed by atoms with Crippen molar-refractivity contribution in [1.82, 2.24) is 4.90 Å². The first kappa shape index (κ1) is 20.9. The first-order valence-corrected chi connectivity index (χ1v) is 9.95. The Balaban J connectivity index is 1.53. The Morgan fingerprint density at radius 2 is 1.93 bits per heavy atom. The summed E-state index contributed by atoms with van der Waals surface area (Å²) in [5.41, 5.74) is 1.82. The van der Waals surface area contributed by atoms with Crippen molar-refractivity contribution in [3.63, 3.8) is 0 Å². The lowest BCUT2D eigenvalue weighted by molar-refractivity contribution is -0.148. The maximum Gasteiger partial charge on any atom is 0.310 e. The van der Waals surface area contributed by atoms with Crippen molar-refractivity contribution in [2.45, 2.75) is 19.4 Å². The summed E-state index contributed by atoms with van der Waals surface area (Å²) in [5, 5.41) is 0.678. The molecule has 29 heavy (non-hydrogen) atoms. The van der Waals surface area contributed by atoms with Crippen LogP contribution < -0.4 is 4.74 Å². The van der Waals surface area contributed by atoms with Crippen LogP contribution in [0.2, 0.25) is 5.02 Å². The molecule has 1 amide bonds. The highest BCUT2D eigenvalue weighted by Gasteiger charge is 2.28. The number of benzene rings is 2. The fourth-order valence-corrected chi connectivity index (χ4v) is 3.45. The van der Waals surface area contributed by atoms with Crippen LogP contribution in [0.3, 0.4) is 0 Å². The number of ether oxygens (including phenoxy) is 2. The number of hydrogen-bond donors (Lipinski definition) is 0. The van der Waals surface area contributed by atoms with E-state index in [0.29, 0.717) is 24.7 Å². The molecule has 2 aromatic carbocycles. The standard InChI is InChI=1S/C23H24ClNO4/c1-28-23(27)18-6-4-14-25(15-18)22(26)13-10-17-8-11-20(12-9-17)29-16-19-5-2-3-7-21(19)24/h2-3,5,7-13,18H,4,6,14-16H2,1H3/b13-10+. The van der Waals surface area contributed by atoms with Gasteiger partial charge in [0, 0.05) is 29.8 Å². The van der Waals surface area contributed by atoms with E-state index in [1.165, 1.54) is 7.11 Å². The van der Waals surface area contributed by atoms with Gasteiger partial charge in [-0.1, -0.05) is 41.9 Å². The maximum absolute atomic E-state index is 12.4. The third kappa shape index (κ3) is 5.84. The lowest BCUT2D eigenvalue weighted by atomic mass is 9.98. The van der Waals surface area contributed by atoms with Gasteiger partial charge in [-0.3, -0.25) is 9.59 Å². The lowest BCUT2D eigenvalue weighted by Gasteiger charge is -2.30. The SMILES string of the molecule is COC(=O)C1CCCN(C(=O)/C=C/c2ccc(OCc3ccccc3Cl)cc2)C1. The third-order valence-electron chi connectivity index (χ3n) is 4.92. The second-order valence-electron chi connectivity index (χ2n) is 6.93. The Bertz CT molecular complexity index is 879. The number of nitrogens with zero attached hydrogens (tertiary/aromatic N) is 1. The van der Waals surface area contributed by atoms with Gasteiger partial charge >= 0.3 is 5.97 Å². The van der Waals surface area contributed by atoms with Crippen molar-refractivity contribution in [3.8, 4) is 5.75 Å². The minimum absolute atomic E-state index is 0.0994. The normalized spacial score (nSPS) is 16.6. The van der Waals surface area contributed by atoms with Gasteiger partial charge in [0.15, 0.2) is 0 Å². The van der Waals surface area contributed by atoms with E-state index in [1.54, 1.807) is 17.1 Å². The highest BCUT2D eigenvalue weighted by Crippen LogP contribution is 2.20. The van der Waals surface area contributed by atoms with Crippen LogP contribution in [0.1, 0.15) is 24.0 Å². The molecule has 3 rings (SSSR count). The highest BCUT2D eigenvalue weighted by molar-refractivity contribution is 6.31. The van der Waals surface area contributed by atoms with Crippen molar-refractivity contribution >= 4 is 29.6 Å². The van der Waals surface area contributed by atoms with Crippen LogP contribution >= 0.6 is 11.6 Å². The smallest absolute Gasteiger partial charge is 0.310 e. The minimum Gasteiger partial charge on any atom is -0.489 e. The number of rotatable bonds is 6. The van der Waals surface area contributed by atoms with Crippen LogP contribution in [0, 0.1) is 5.92 Å². The molecule has 0 aliphatic carbocycles. The van der Waals surface area contributed by atoms with Gasteiger partial charge in [0.05, 0.1) is 13.0 Å². The van der Waals surface area contributed by atoms with E-state index < -0.39 is 0 Å². The average molecular weight is 414 g/mol. The van der Waals surface area contributed by atoms with Gasteiger partial charge in [0.2, 0.25) is 5.91 Å². The van der Waals surface area contributed by atoms with Crippen molar-refractivity contribution in [1.29, 1.82) is 0 Å².